The van der Waals surface area contributed by atoms with Crippen LogP contribution in [0, 0.1) is 0 Å². The van der Waals surface area contributed by atoms with Crippen LogP contribution < -0.4 is 20.1 Å². The van der Waals surface area contributed by atoms with E-state index in [9.17, 15) is 4.79 Å². The molecule has 3 rings (SSSR count). The molecule has 25 heavy (non-hydrogen) atoms. The molecular formula is C17H19BrN2O5. The third-order valence-corrected chi connectivity index (χ3v) is 4.11. The second-order valence-corrected chi connectivity index (χ2v) is 6.20. The van der Waals surface area contributed by atoms with Gasteiger partial charge < -0.3 is 29.3 Å². The third-order valence-electron chi connectivity index (χ3n) is 3.46. The van der Waals surface area contributed by atoms with Crippen molar-refractivity contribution in [2.45, 2.75) is 13.0 Å². The summed E-state index contributed by atoms with van der Waals surface area (Å²) in [5, 5.41) is 5.57. The summed E-state index contributed by atoms with van der Waals surface area (Å²) in [7, 11) is 0. The van der Waals surface area contributed by atoms with Gasteiger partial charge in [0.2, 0.25) is 0 Å². The molecule has 0 radical (unpaired) electrons. The molecule has 8 heteroatoms. The lowest BCUT2D eigenvalue weighted by atomic mass is 10.2. The Labute approximate surface area is 153 Å². The van der Waals surface area contributed by atoms with Gasteiger partial charge in [0.05, 0.1) is 12.0 Å². The van der Waals surface area contributed by atoms with E-state index in [1.54, 1.807) is 18.4 Å². The van der Waals surface area contributed by atoms with Crippen molar-refractivity contribution in [1.82, 2.24) is 5.32 Å². The van der Waals surface area contributed by atoms with Crippen molar-refractivity contribution in [3.63, 3.8) is 0 Å². The van der Waals surface area contributed by atoms with E-state index in [1.807, 2.05) is 12.1 Å². The van der Waals surface area contributed by atoms with E-state index in [1.165, 1.54) is 0 Å². The van der Waals surface area contributed by atoms with Crippen LogP contribution in [0.2, 0.25) is 0 Å². The van der Waals surface area contributed by atoms with Crippen molar-refractivity contribution < 1.29 is 23.4 Å². The van der Waals surface area contributed by atoms with Crippen LogP contribution in [0.3, 0.4) is 0 Å². The maximum Gasteiger partial charge on any atom is 0.319 e. The van der Waals surface area contributed by atoms with E-state index in [2.05, 4.69) is 26.6 Å². The SMILES string of the molecule is O=C(NCCCOCc1ccco1)Nc1cc2c(cc1Br)OCCO2. The second-order valence-electron chi connectivity index (χ2n) is 5.34. The normalized spacial score (nSPS) is 12.7. The zero-order valence-corrected chi connectivity index (χ0v) is 15.1. The molecule has 1 aliphatic rings. The van der Waals surface area contributed by atoms with E-state index < -0.39 is 0 Å². The van der Waals surface area contributed by atoms with E-state index in [0.29, 0.717) is 56.6 Å². The first kappa shape index (κ1) is 17.6. The fourth-order valence-corrected chi connectivity index (χ4v) is 2.69. The van der Waals surface area contributed by atoms with Crippen molar-refractivity contribution in [3.8, 4) is 11.5 Å². The van der Waals surface area contributed by atoms with Crippen LogP contribution in [-0.2, 0) is 11.3 Å². The third kappa shape index (κ3) is 5.14. The summed E-state index contributed by atoms with van der Waals surface area (Å²) in [5.74, 6) is 2.07. The summed E-state index contributed by atoms with van der Waals surface area (Å²) >= 11 is 3.42. The van der Waals surface area contributed by atoms with E-state index >= 15 is 0 Å². The number of anilines is 1. The summed E-state index contributed by atoms with van der Waals surface area (Å²) < 4.78 is 22.4. The van der Waals surface area contributed by atoms with Crippen LogP contribution >= 0.6 is 15.9 Å². The van der Waals surface area contributed by atoms with Gasteiger partial charge in [0.15, 0.2) is 11.5 Å². The molecular weight excluding hydrogens is 392 g/mol. The van der Waals surface area contributed by atoms with Crippen molar-refractivity contribution >= 4 is 27.6 Å². The highest BCUT2D eigenvalue weighted by Crippen LogP contribution is 2.38. The Morgan fingerprint density at radius 1 is 1.24 bits per heavy atom. The highest BCUT2D eigenvalue weighted by molar-refractivity contribution is 9.10. The lowest BCUT2D eigenvalue weighted by molar-refractivity contribution is 0.104. The van der Waals surface area contributed by atoms with Crippen LogP contribution in [0.4, 0.5) is 10.5 Å². The van der Waals surface area contributed by atoms with Gasteiger partial charge in [-0.05, 0) is 34.5 Å². The summed E-state index contributed by atoms with van der Waals surface area (Å²) in [6.45, 7) is 2.50. The zero-order chi connectivity index (χ0) is 17.5. The highest BCUT2D eigenvalue weighted by Gasteiger charge is 2.16. The van der Waals surface area contributed by atoms with Gasteiger partial charge in [-0.3, -0.25) is 0 Å². The molecule has 0 aliphatic carbocycles. The van der Waals surface area contributed by atoms with E-state index in [0.717, 1.165) is 10.2 Å². The Hall–Kier alpha value is -2.19. The van der Waals surface area contributed by atoms with Crippen LogP contribution in [-0.4, -0.2) is 32.4 Å². The standard InChI is InChI=1S/C17H19BrN2O5/c18-13-9-15-16(25-8-7-24-15)10-14(13)20-17(21)19-4-2-5-22-11-12-3-1-6-23-12/h1,3,6,9-10H,2,4-5,7-8,11H2,(H2,19,20,21). The largest absolute Gasteiger partial charge is 0.486 e. The number of furan rings is 1. The molecule has 2 amide bonds. The molecule has 0 saturated carbocycles. The summed E-state index contributed by atoms with van der Waals surface area (Å²) in [6.07, 6.45) is 2.32. The number of halogens is 1. The van der Waals surface area contributed by atoms with Gasteiger partial charge in [-0.15, -0.1) is 0 Å². The predicted octanol–water partition coefficient (Wildman–Crippen LogP) is 3.54. The lowest BCUT2D eigenvalue weighted by Crippen LogP contribution is -2.30. The van der Waals surface area contributed by atoms with Gasteiger partial charge in [-0.1, -0.05) is 0 Å². The summed E-state index contributed by atoms with van der Waals surface area (Å²) in [5.41, 5.74) is 0.621. The Bertz CT molecular complexity index is 705. The maximum atomic E-state index is 12.0. The first-order valence-corrected chi connectivity index (χ1v) is 8.76. The van der Waals surface area contributed by atoms with Gasteiger partial charge >= 0.3 is 6.03 Å². The van der Waals surface area contributed by atoms with Crippen molar-refractivity contribution in [2.75, 3.05) is 31.7 Å². The minimum absolute atomic E-state index is 0.289. The number of carbonyl (C=O) groups excluding carboxylic acids is 1. The van der Waals surface area contributed by atoms with Crippen molar-refractivity contribution in [3.05, 3.63) is 40.8 Å². The summed E-state index contributed by atoms with van der Waals surface area (Å²) in [4.78, 5) is 12.0. The number of carbonyl (C=O) groups is 1. The number of benzene rings is 1. The average Bonchev–Trinajstić information content (AvgIpc) is 3.12. The van der Waals surface area contributed by atoms with Crippen LogP contribution in [0.25, 0.3) is 0 Å². The molecule has 1 aliphatic heterocycles. The molecule has 0 spiro atoms. The number of hydrogen-bond donors (Lipinski definition) is 2. The molecule has 7 nitrogen and oxygen atoms in total. The number of ether oxygens (including phenoxy) is 3. The Kier molecular flexibility index (Phi) is 6.19. The first-order chi connectivity index (χ1) is 12.2. The molecule has 134 valence electrons. The molecule has 1 aromatic heterocycles. The number of nitrogens with one attached hydrogen (secondary N) is 2. The second kappa shape index (κ2) is 8.77. The topological polar surface area (TPSA) is 82.0 Å². The first-order valence-electron chi connectivity index (χ1n) is 7.96. The van der Waals surface area contributed by atoms with Crippen molar-refractivity contribution in [1.29, 1.82) is 0 Å². The predicted molar refractivity (Wildman–Crippen MR) is 95.1 cm³/mol. The maximum absolute atomic E-state index is 12.0. The van der Waals surface area contributed by atoms with Crippen LogP contribution in [0.1, 0.15) is 12.2 Å². The van der Waals surface area contributed by atoms with Gasteiger partial charge in [0.25, 0.3) is 0 Å². The van der Waals surface area contributed by atoms with Crippen molar-refractivity contribution in [2.24, 2.45) is 0 Å². The molecule has 1 aromatic carbocycles. The molecule has 0 unspecified atom stereocenters. The highest BCUT2D eigenvalue weighted by atomic mass is 79.9. The monoisotopic (exact) mass is 410 g/mol. The molecule has 0 saturated heterocycles. The Morgan fingerprint density at radius 2 is 2.04 bits per heavy atom. The fourth-order valence-electron chi connectivity index (χ4n) is 2.27. The molecule has 2 heterocycles. The quantitative estimate of drug-likeness (QED) is 0.682. The van der Waals surface area contributed by atoms with E-state index in [-0.39, 0.29) is 6.03 Å². The minimum Gasteiger partial charge on any atom is -0.486 e. The molecule has 2 aromatic rings. The number of fused-ring (bicyclic) bond motifs is 1. The Morgan fingerprint density at radius 3 is 2.80 bits per heavy atom. The zero-order valence-electron chi connectivity index (χ0n) is 13.5. The molecule has 0 fully saturated rings. The number of urea groups is 1. The molecule has 2 N–H and O–H groups in total. The fraction of sp³-hybridized carbons (Fsp3) is 0.353. The van der Waals surface area contributed by atoms with Gasteiger partial charge in [0, 0.05) is 29.8 Å². The number of amides is 2. The molecule has 0 atom stereocenters. The number of hydrogen-bond acceptors (Lipinski definition) is 5. The smallest absolute Gasteiger partial charge is 0.319 e. The number of rotatable bonds is 7. The van der Waals surface area contributed by atoms with Gasteiger partial charge in [-0.25, -0.2) is 4.79 Å². The van der Waals surface area contributed by atoms with Gasteiger partial charge in [-0.2, -0.15) is 0 Å². The molecule has 0 bridgehead atoms. The van der Waals surface area contributed by atoms with E-state index in [4.69, 9.17) is 18.6 Å². The van der Waals surface area contributed by atoms with Gasteiger partial charge in [0.1, 0.15) is 25.6 Å². The summed E-state index contributed by atoms with van der Waals surface area (Å²) in [6, 6.07) is 6.91. The average molecular weight is 411 g/mol. The van der Waals surface area contributed by atoms with Crippen LogP contribution in [0.5, 0.6) is 11.5 Å². The van der Waals surface area contributed by atoms with Crippen LogP contribution in [0.15, 0.2) is 39.4 Å². The minimum atomic E-state index is -0.289. The Balaban J connectivity index is 1.37. The lowest BCUT2D eigenvalue weighted by Gasteiger charge is -2.20.